The fourth-order valence-electron chi connectivity index (χ4n) is 1.83. The lowest BCUT2D eigenvalue weighted by Gasteiger charge is -2.12. The number of aryl methyl sites for hydroxylation is 2. The van der Waals surface area contributed by atoms with E-state index in [0.717, 1.165) is 4.47 Å². The van der Waals surface area contributed by atoms with Crippen molar-refractivity contribution in [3.63, 3.8) is 0 Å². The van der Waals surface area contributed by atoms with Crippen LogP contribution >= 0.6 is 15.9 Å². The molecule has 3 N–H and O–H groups in total. The molecule has 0 aliphatic heterocycles. The maximum Gasteiger partial charge on any atom is 0.265 e. The lowest BCUT2D eigenvalue weighted by Crippen LogP contribution is -2.17. The van der Waals surface area contributed by atoms with Crippen LogP contribution in [-0.2, 0) is 10.0 Å². The van der Waals surface area contributed by atoms with Gasteiger partial charge in [0.1, 0.15) is 10.7 Å². The molecule has 0 radical (unpaired) electrons. The Morgan fingerprint density at radius 3 is 2.50 bits per heavy atom. The molecule has 0 aliphatic carbocycles. The fourth-order valence-corrected chi connectivity index (χ4v) is 3.41. The first kappa shape index (κ1) is 14.8. The standard InChI is InChI=1S/C13H14BrN3O2S/c1-8-4-3-5-11(15)13(8)20(18,19)17-12-7-6-10(14)9(2)16-12/h3-7H,15H2,1-2H3,(H,16,17). The number of sulfonamides is 1. The van der Waals surface area contributed by atoms with Gasteiger partial charge in [-0.2, -0.15) is 0 Å². The molecule has 20 heavy (non-hydrogen) atoms. The fraction of sp³-hybridized carbons (Fsp3) is 0.154. The van der Waals surface area contributed by atoms with Gasteiger partial charge in [0.2, 0.25) is 0 Å². The molecule has 0 saturated carbocycles. The van der Waals surface area contributed by atoms with Gasteiger partial charge in [-0.25, -0.2) is 13.4 Å². The number of halogens is 1. The minimum atomic E-state index is -3.76. The van der Waals surface area contributed by atoms with Crippen molar-refractivity contribution in [1.29, 1.82) is 0 Å². The number of nitrogens with one attached hydrogen (secondary N) is 1. The van der Waals surface area contributed by atoms with Gasteiger partial charge in [0, 0.05) is 4.47 Å². The third kappa shape index (κ3) is 2.94. The number of pyridine rings is 1. The van der Waals surface area contributed by atoms with Crippen LogP contribution in [0.4, 0.5) is 11.5 Å². The van der Waals surface area contributed by atoms with Crippen molar-refractivity contribution in [2.24, 2.45) is 0 Å². The number of anilines is 2. The monoisotopic (exact) mass is 355 g/mol. The van der Waals surface area contributed by atoms with Crippen molar-refractivity contribution in [2.75, 3.05) is 10.5 Å². The molecule has 1 heterocycles. The van der Waals surface area contributed by atoms with Gasteiger partial charge in [-0.3, -0.25) is 4.72 Å². The van der Waals surface area contributed by atoms with Gasteiger partial charge in [0.15, 0.2) is 0 Å². The molecule has 0 amide bonds. The summed E-state index contributed by atoms with van der Waals surface area (Å²) in [6.45, 7) is 3.48. The maximum absolute atomic E-state index is 12.4. The predicted molar refractivity (Wildman–Crippen MR) is 83.1 cm³/mol. The zero-order valence-corrected chi connectivity index (χ0v) is 13.4. The highest BCUT2D eigenvalue weighted by Crippen LogP contribution is 2.25. The molecule has 0 unspecified atom stereocenters. The number of hydrogen-bond acceptors (Lipinski definition) is 4. The van der Waals surface area contributed by atoms with Gasteiger partial charge >= 0.3 is 0 Å². The summed E-state index contributed by atoms with van der Waals surface area (Å²) in [5.41, 5.74) is 7.27. The molecule has 106 valence electrons. The Bertz CT molecular complexity index is 740. The van der Waals surface area contributed by atoms with Crippen LogP contribution in [0.3, 0.4) is 0 Å². The van der Waals surface area contributed by atoms with Gasteiger partial charge in [-0.1, -0.05) is 12.1 Å². The minimum absolute atomic E-state index is 0.0855. The first-order chi connectivity index (χ1) is 9.31. The smallest absolute Gasteiger partial charge is 0.265 e. The van der Waals surface area contributed by atoms with Crippen molar-refractivity contribution in [1.82, 2.24) is 4.98 Å². The largest absolute Gasteiger partial charge is 0.398 e. The molecule has 0 bridgehead atoms. The van der Waals surface area contributed by atoms with Crippen molar-refractivity contribution in [2.45, 2.75) is 18.7 Å². The molecule has 0 aliphatic rings. The molecule has 7 heteroatoms. The molecule has 1 aromatic carbocycles. The topological polar surface area (TPSA) is 85.1 Å². The number of nitrogen functional groups attached to an aromatic ring is 1. The molecule has 2 rings (SSSR count). The molecule has 0 atom stereocenters. The third-order valence-corrected chi connectivity index (χ3v) is 5.18. The summed E-state index contributed by atoms with van der Waals surface area (Å²) in [6.07, 6.45) is 0. The number of rotatable bonds is 3. The number of nitrogens with zero attached hydrogens (tertiary/aromatic N) is 1. The van der Waals surface area contributed by atoms with Crippen LogP contribution in [0.2, 0.25) is 0 Å². The van der Waals surface area contributed by atoms with Crippen LogP contribution in [0.15, 0.2) is 39.7 Å². The van der Waals surface area contributed by atoms with E-state index in [0.29, 0.717) is 11.3 Å². The lowest BCUT2D eigenvalue weighted by molar-refractivity contribution is 0.601. The molecule has 2 aromatic rings. The Morgan fingerprint density at radius 1 is 1.20 bits per heavy atom. The second kappa shape index (κ2) is 5.41. The first-order valence-electron chi connectivity index (χ1n) is 5.82. The van der Waals surface area contributed by atoms with Gasteiger partial charge in [-0.15, -0.1) is 0 Å². The molecule has 0 spiro atoms. The minimum Gasteiger partial charge on any atom is -0.398 e. The highest BCUT2D eigenvalue weighted by molar-refractivity contribution is 9.10. The summed E-state index contributed by atoms with van der Waals surface area (Å²) in [5.74, 6) is 0.258. The Labute approximate surface area is 126 Å². The third-order valence-electron chi connectivity index (χ3n) is 2.77. The quantitative estimate of drug-likeness (QED) is 0.829. The summed E-state index contributed by atoms with van der Waals surface area (Å²) < 4.78 is 28.1. The Kier molecular flexibility index (Phi) is 4.01. The van der Waals surface area contributed by atoms with Crippen LogP contribution in [0, 0.1) is 13.8 Å². The summed E-state index contributed by atoms with van der Waals surface area (Å²) in [6, 6.07) is 8.29. The second-order valence-corrected chi connectivity index (χ2v) is 6.84. The van der Waals surface area contributed by atoms with E-state index in [2.05, 4.69) is 25.6 Å². The predicted octanol–water partition coefficient (Wildman–Crippen LogP) is 2.84. The first-order valence-corrected chi connectivity index (χ1v) is 8.10. The lowest BCUT2D eigenvalue weighted by atomic mass is 10.2. The normalized spacial score (nSPS) is 11.3. The zero-order valence-electron chi connectivity index (χ0n) is 11.0. The van der Waals surface area contributed by atoms with Crippen LogP contribution in [-0.4, -0.2) is 13.4 Å². The number of hydrogen-bond donors (Lipinski definition) is 2. The van der Waals surface area contributed by atoms with E-state index in [1.165, 1.54) is 0 Å². The summed E-state index contributed by atoms with van der Waals surface area (Å²) in [7, 11) is -3.76. The summed E-state index contributed by atoms with van der Waals surface area (Å²) in [4.78, 5) is 4.25. The highest BCUT2D eigenvalue weighted by atomic mass is 79.9. The Hall–Kier alpha value is -1.60. The summed E-state index contributed by atoms with van der Waals surface area (Å²) in [5, 5.41) is 0. The number of nitrogens with two attached hydrogens (primary N) is 1. The summed E-state index contributed by atoms with van der Waals surface area (Å²) >= 11 is 3.32. The van der Waals surface area contributed by atoms with E-state index in [4.69, 9.17) is 5.73 Å². The van der Waals surface area contributed by atoms with Crippen molar-refractivity contribution < 1.29 is 8.42 Å². The van der Waals surface area contributed by atoms with Crippen LogP contribution in [0.5, 0.6) is 0 Å². The van der Waals surface area contributed by atoms with E-state index in [9.17, 15) is 8.42 Å². The molecule has 0 fully saturated rings. The van der Waals surface area contributed by atoms with E-state index in [1.54, 1.807) is 44.2 Å². The van der Waals surface area contributed by atoms with E-state index >= 15 is 0 Å². The number of benzene rings is 1. The SMILES string of the molecule is Cc1cccc(N)c1S(=O)(=O)Nc1ccc(Br)c(C)n1. The van der Waals surface area contributed by atoms with Gasteiger partial charge in [0.05, 0.1) is 11.4 Å². The van der Waals surface area contributed by atoms with E-state index in [1.807, 2.05) is 0 Å². The molecule has 0 saturated heterocycles. The average molecular weight is 356 g/mol. The van der Waals surface area contributed by atoms with Crippen molar-refractivity contribution >= 4 is 37.5 Å². The Balaban J connectivity index is 2.43. The van der Waals surface area contributed by atoms with Gasteiger partial charge in [-0.05, 0) is 53.5 Å². The molecular formula is C13H14BrN3O2S. The molecular weight excluding hydrogens is 342 g/mol. The van der Waals surface area contributed by atoms with Gasteiger partial charge < -0.3 is 5.73 Å². The van der Waals surface area contributed by atoms with E-state index < -0.39 is 10.0 Å². The highest BCUT2D eigenvalue weighted by Gasteiger charge is 2.20. The Morgan fingerprint density at radius 2 is 1.90 bits per heavy atom. The van der Waals surface area contributed by atoms with E-state index in [-0.39, 0.29) is 16.4 Å². The average Bonchev–Trinajstić information content (AvgIpc) is 2.33. The maximum atomic E-state index is 12.4. The molecule has 1 aromatic heterocycles. The van der Waals surface area contributed by atoms with Crippen LogP contribution in [0.1, 0.15) is 11.3 Å². The second-order valence-electron chi connectivity index (χ2n) is 4.36. The van der Waals surface area contributed by atoms with Crippen LogP contribution in [0.25, 0.3) is 0 Å². The van der Waals surface area contributed by atoms with Crippen LogP contribution < -0.4 is 10.5 Å². The van der Waals surface area contributed by atoms with Gasteiger partial charge in [0.25, 0.3) is 10.0 Å². The molecule has 5 nitrogen and oxygen atoms in total. The number of aromatic nitrogens is 1. The zero-order chi connectivity index (χ0) is 14.9. The van der Waals surface area contributed by atoms with Crippen molar-refractivity contribution in [3.8, 4) is 0 Å². The van der Waals surface area contributed by atoms with Crippen molar-refractivity contribution in [3.05, 3.63) is 46.1 Å².